The fraction of sp³-hybridized carbons (Fsp3) is 0.469. The molecule has 0 radical (unpaired) electrons. The molecule has 1 atom stereocenters. The van der Waals surface area contributed by atoms with Crippen LogP contribution in [0, 0.1) is 11.3 Å². The molecule has 228 valence electrons. The number of carbonyl (C=O) groups is 1. The van der Waals surface area contributed by atoms with Crippen LogP contribution in [-0.4, -0.2) is 55.2 Å². The van der Waals surface area contributed by atoms with Gasteiger partial charge in [0, 0.05) is 36.5 Å². The van der Waals surface area contributed by atoms with Gasteiger partial charge in [0.1, 0.15) is 11.7 Å². The third-order valence-corrected chi connectivity index (χ3v) is 12.5. The fourth-order valence-corrected chi connectivity index (χ4v) is 5.73. The van der Waals surface area contributed by atoms with E-state index in [9.17, 15) is 10.1 Å². The van der Waals surface area contributed by atoms with Gasteiger partial charge in [0.25, 0.3) is 0 Å². The minimum atomic E-state index is -2.12. The van der Waals surface area contributed by atoms with Gasteiger partial charge in [0.15, 0.2) is 19.9 Å². The van der Waals surface area contributed by atoms with Gasteiger partial charge in [-0.1, -0.05) is 27.7 Å². The van der Waals surface area contributed by atoms with Crippen LogP contribution in [0.5, 0.6) is 5.75 Å². The molecular formula is C32H42N6O4Si. The second-order valence-electron chi connectivity index (χ2n) is 13.7. The van der Waals surface area contributed by atoms with E-state index in [-0.39, 0.29) is 5.04 Å². The van der Waals surface area contributed by atoms with Crippen molar-refractivity contribution in [3.63, 3.8) is 0 Å². The Labute approximate surface area is 255 Å². The van der Waals surface area contributed by atoms with Crippen LogP contribution in [0.25, 0.3) is 11.3 Å². The molecule has 0 aliphatic carbocycles. The van der Waals surface area contributed by atoms with Gasteiger partial charge in [0.05, 0.1) is 24.1 Å². The van der Waals surface area contributed by atoms with Gasteiger partial charge in [-0.15, -0.1) is 0 Å². The van der Waals surface area contributed by atoms with Gasteiger partial charge < -0.3 is 19.2 Å². The SMILES string of the molecule is COc1cccnc1Nc1nccc(-c2cc(C#N)c3c(c2)[C@@](C)(CO[Si](C)(C)C(C)(C)C)CN3C(=O)OC(C)(C)C)n1. The van der Waals surface area contributed by atoms with Crippen molar-refractivity contribution in [3.05, 3.63) is 53.9 Å². The second kappa shape index (κ2) is 11.6. The van der Waals surface area contributed by atoms with E-state index >= 15 is 0 Å². The smallest absolute Gasteiger partial charge is 0.414 e. The van der Waals surface area contributed by atoms with Crippen LogP contribution in [0.4, 0.5) is 22.2 Å². The first kappa shape index (κ1) is 31.9. The van der Waals surface area contributed by atoms with E-state index in [1.165, 1.54) is 0 Å². The molecular weight excluding hydrogens is 560 g/mol. The Morgan fingerprint density at radius 2 is 1.86 bits per heavy atom. The number of nitrogens with one attached hydrogen (secondary N) is 1. The highest BCUT2D eigenvalue weighted by molar-refractivity contribution is 6.74. The summed E-state index contributed by atoms with van der Waals surface area (Å²) in [5, 5.41) is 13.5. The molecule has 0 spiro atoms. The fourth-order valence-electron chi connectivity index (χ4n) is 4.62. The zero-order chi connectivity index (χ0) is 31.8. The van der Waals surface area contributed by atoms with Crippen LogP contribution < -0.4 is 15.0 Å². The third kappa shape index (κ3) is 6.81. The first-order chi connectivity index (χ1) is 20.0. The first-order valence-electron chi connectivity index (χ1n) is 14.3. The average Bonchev–Trinajstić information content (AvgIpc) is 3.23. The molecule has 1 aromatic carbocycles. The van der Waals surface area contributed by atoms with Crippen LogP contribution in [0.15, 0.2) is 42.7 Å². The van der Waals surface area contributed by atoms with E-state index in [0.29, 0.717) is 47.6 Å². The first-order valence-corrected chi connectivity index (χ1v) is 17.2. The number of anilines is 3. The van der Waals surface area contributed by atoms with E-state index in [4.69, 9.17) is 18.9 Å². The maximum Gasteiger partial charge on any atom is 0.414 e. The summed E-state index contributed by atoms with van der Waals surface area (Å²) in [5.74, 6) is 1.37. The Balaban J connectivity index is 1.80. The molecule has 1 aliphatic heterocycles. The zero-order valence-corrected chi connectivity index (χ0v) is 27.8. The Kier molecular flexibility index (Phi) is 8.59. The van der Waals surface area contributed by atoms with Crippen molar-refractivity contribution in [3.8, 4) is 23.1 Å². The highest BCUT2D eigenvalue weighted by atomic mass is 28.4. The Hall–Kier alpha value is -4.01. The quantitative estimate of drug-likeness (QED) is 0.280. The summed E-state index contributed by atoms with van der Waals surface area (Å²) in [6, 6.07) is 11.4. The molecule has 0 unspecified atom stereocenters. The molecule has 0 bridgehead atoms. The van der Waals surface area contributed by atoms with Crippen molar-refractivity contribution in [2.24, 2.45) is 0 Å². The lowest BCUT2D eigenvalue weighted by molar-refractivity contribution is 0.0575. The van der Waals surface area contributed by atoms with Crippen LogP contribution in [0.1, 0.15) is 59.6 Å². The summed E-state index contributed by atoms with van der Waals surface area (Å²) in [6.07, 6.45) is 2.80. The molecule has 3 heterocycles. The molecule has 0 saturated carbocycles. The number of amides is 1. The summed E-state index contributed by atoms with van der Waals surface area (Å²) in [5.41, 5.74) is 1.78. The monoisotopic (exact) mass is 602 g/mol. The van der Waals surface area contributed by atoms with E-state index in [2.05, 4.69) is 62.1 Å². The number of carbonyl (C=O) groups excluding carboxylic acids is 1. The predicted octanol–water partition coefficient (Wildman–Crippen LogP) is 7.20. The number of hydrogen-bond donors (Lipinski definition) is 1. The van der Waals surface area contributed by atoms with Crippen LogP contribution in [0.2, 0.25) is 18.1 Å². The van der Waals surface area contributed by atoms with E-state index in [1.54, 1.807) is 48.7 Å². The molecule has 3 aromatic rings. The number of hydrogen-bond acceptors (Lipinski definition) is 9. The molecule has 11 heteroatoms. The van der Waals surface area contributed by atoms with Crippen molar-refractivity contribution in [2.45, 2.75) is 77.6 Å². The molecule has 43 heavy (non-hydrogen) atoms. The number of aromatic nitrogens is 3. The summed E-state index contributed by atoms with van der Waals surface area (Å²) in [7, 11) is -0.556. The molecule has 1 aliphatic rings. The van der Waals surface area contributed by atoms with Crippen LogP contribution in [-0.2, 0) is 14.6 Å². The maximum absolute atomic E-state index is 13.5. The standard InChI is InChI=1S/C32H42N6O4Si/c1-30(2,3)42-29(39)38-19-32(7,20-41-43(9,10)31(4,5)6)23-17-21(16-22(18-33)26(23)38)24-13-15-35-28(36-24)37-27-25(40-8)12-11-14-34-27/h11-17H,19-20H2,1-10H3,(H,34,35,36,37)/t32-/m1/s1. The lowest BCUT2D eigenvalue weighted by Gasteiger charge is -2.39. The van der Waals surface area contributed by atoms with Gasteiger partial charge >= 0.3 is 6.09 Å². The number of nitriles is 1. The summed E-state index contributed by atoms with van der Waals surface area (Å²) in [4.78, 5) is 28.5. The van der Waals surface area contributed by atoms with E-state index < -0.39 is 25.4 Å². The topological polar surface area (TPSA) is 122 Å². The van der Waals surface area contributed by atoms with Crippen molar-refractivity contribution >= 4 is 31.9 Å². The molecule has 1 N–H and O–H groups in total. The highest BCUT2D eigenvalue weighted by Gasteiger charge is 2.47. The lowest BCUT2D eigenvalue weighted by atomic mass is 9.83. The van der Waals surface area contributed by atoms with Crippen molar-refractivity contribution < 1.29 is 18.7 Å². The van der Waals surface area contributed by atoms with Crippen molar-refractivity contribution in [1.29, 1.82) is 5.26 Å². The predicted molar refractivity (Wildman–Crippen MR) is 170 cm³/mol. The molecule has 1 amide bonds. The van der Waals surface area contributed by atoms with Gasteiger partial charge in [-0.25, -0.2) is 19.7 Å². The Morgan fingerprint density at radius 3 is 2.49 bits per heavy atom. The number of fused-ring (bicyclic) bond motifs is 1. The molecule has 4 rings (SSSR count). The average molecular weight is 603 g/mol. The molecule has 2 aromatic heterocycles. The summed E-state index contributed by atoms with van der Waals surface area (Å²) in [6.45, 7) is 19.3. The largest absolute Gasteiger partial charge is 0.493 e. The number of benzene rings is 1. The summed E-state index contributed by atoms with van der Waals surface area (Å²) >= 11 is 0. The normalized spacial score (nSPS) is 16.8. The van der Waals surface area contributed by atoms with Crippen LogP contribution >= 0.6 is 0 Å². The minimum absolute atomic E-state index is 0.00988. The van der Waals surface area contributed by atoms with Gasteiger partial charge in [0.2, 0.25) is 5.95 Å². The zero-order valence-electron chi connectivity index (χ0n) is 26.8. The maximum atomic E-state index is 13.5. The highest BCUT2D eigenvalue weighted by Crippen LogP contribution is 2.47. The van der Waals surface area contributed by atoms with E-state index in [0.717, 1.165) is 11.1 Å². The Morgan fingerprint density at radius 1 is 1.14 bits per heavy atom. The third-order valence-electron chi connectivity index (χ3n) is 8.00. The molecule has 0 fully saturated rings. The van der Waals surface area contributed by atoms with Crippen molar-refractivity contribution in [1.82, 2.24) is 15.0 Å². The van der Waals surface area contributed by atoms with Gasteiger partial charge in [-0.2, -0.15) is 5.26 Å². The molecule has 0 saturated heterocycles. The number of pyridine rings is 1. The number of methoxy groups -OCH3 is 1. The number of ether oxygens (including phenoxy) is 2. The number of nitrogens with zero attached hydrogens (tertiary/aromatic N) is 5. The summed E-state index contributed by atoms with van der Waals surface area (Å²) < 4.78 is 17.9. The Bertz CT molecular complexity index is 1560. The second-order valence-corrected chi connectivity index (χ2v) is 18.5. The van der Waals surface area contributed by atoms with E-state index in [1.807, 2.05) is 26.8 Å². The molecule has 10 nitrogen and oxygen atoms in total. The van der Waals surface area contributed by atoms with Crippen LogP contribution in [0.3, 0.4) is 0 Å². The minimum Gasteiger partial charge on any atom is -0.493 e. The number of rotatable bonds is 7. The van der Waals surface area contributed by atoms with Crippen molar-refractivity contribution in [2.75, 3.05) is 30.5 Å². The van der Waals surface area contributed by atoms with Gasteiger partial charge in [-0.05, 0) is 74.8 Å². The van der Waals surface area contributed by atoms with Gasteiger partial charge in [-0.3, -0.25) is 4.90 Å². The lowest BCUT2D eigenvalue weighted by Crippen LogP contribution is -2.46.